The van der Waals surface area contributed by atoms with Gasteiger partial charge in [-0.2, -0.15) is 5.10 Å². The molecule has 0 unspecified atom stereocenters. The molecule has 0 fully saturated rings. The van der Waals surface area contributed by atoms with Crippen LogP contribution < -0.4 is 14.2 Å². The molecule has 0 saturated heterocycles. The van der Waals surface area contributed by atoms with Gasteiger partial charge in [-0.15, -0.1) is 0 Å². The van der Waals surface area contributed by atoms with Crippen molar-refractivity contribution in [3.05, 3.63) is 88.4 Å². The van der Waals surface area contributed by atoms with E-state index in [9.17, 15) is 0 Å². The fourth-order valence-electron chi connectivity index (χ4n) is 4.13. The Kier molecular flexibility index (Phi) is 5.20. The smallest absolute Gasteiger partial charge is 0.213 e. The molecule has 2 atom stereocenters. The number of benzene rings is 3. The monoisotopic (exact) mass is 434 g/mol. The first-order valence-corrected chi connectivity index (χ1v) is 10.7. The van der Waals surface area contributed by atoms with Gasteiger partial charge in [0.1, 0.15) is 17.2 Å². The lowest BCUT2D eigenvalue weighted by Gasteiger charge is -2.38. The average Bonchev–Trinajstić information content (AvgIpc) is 3.25. The minimum absolute atomic E-state index is 0.0520. The molecule has 0 amide bonds. The van der Waals surface area contributed by atoms with Crippen LogP contribution in [-0.2, 0) is 0 Å². The van der Waals surface area contributed by atoms with E-state index in [0.29, 0.717) is 11.6 Å². The maximum Gasteiger partial charge on any atom is 0.213 e. The molecule has 0 N–H and O–H groups in total. The molecule has 5 rings (SSSR count). The van der Waals surface area contributed by atoms with Crippen LogP contribution in [0.3, 0.4) is 0 Å². The van der Waals surface area contributed by atoms with E-state index in [2.05, 4.69) is 0 Å². The number of hydrazone groups is 1. The molecule has 6 heteroatoms. The number of rotatable bonds is 5. The van der Waals surface area contributed by atoms with Gasteiger partial charge >= 0.3 is 0 Å². The summed E-state index contributed by atoms with van der Waals surface area (Å²) in [5, 5.41) is 7.73. The van der Waals surface area contributed by atoms with Gasteiger partial charge in [0.05, 0.1) is 25.5 Å². The lowest BCUT2D eigenvalue weighted by Crippen LogP contribution is -2.33. The van der Waals surface area contributed by atoms with Gasteiger partial charge < -0.3 is 14.2 Å². The molecule has 5 nitrogen and oxygen atoms in total. The quantitative estimate of drug-likeness (QED) is 0.494. The highest BCUT2D eigenvalue weighted by Gasteiger charge is 2.41. The van der Waals surface area contributed by atoms with Gasteiger partial charge in [0.25, 0.3) is 0 Å². The molecule has 31 heavy (non-hydrogen) atoms. The third-order valence-corrected chi connectivity index (χ3v) is 5.89. The summed E-state index contributed by atoms with van der Waals surface area (Å²) < 4.78 is 17.3. The molecule has 2 aliphatic rings. The largest absolute Gasteiger partial charge is 0.497 e. The van der Waals surface area contributed by atoms with E-state index in [1.807, 2.05) is 78.7 Å². The van der Waals surface area contributed by atoms with Crippen molar-refractivity contribution in [3.8, 4) is 17.2 Å². The lowest BCUT2D eigenvalue weighted by molar-refractivity contribution is -0.0190. The highest BCUT2D eigenvalue weighted by atomic mass is 35.5. The van der Waals surface area contributed by atoms with E-state index in [-0.39, 0.29) is 12.3 Å². The maximum atomic E-state index is 6.41. The van der Waals surface area contributed by atoms with E-state index in [0.717, 1.165) is 46.1 Å². The zero-order valence-electron chi connectivity index (χ0n) is 17.4. The van der Waals surface area contributed by atoms with Gasteiger partial charge in [0.2, 0.25) is 6.23 Å². The van der Waals surface area contributed by atoms with Crippen molar-refractivity contribution >= 4 is 17.3 Å². The second-order valence-corrected chi connectivity index (χ2v) is 7.97. The molecule has 158 valence electrons. The number of ether oxygens (including phenoxy) is 3. The second-order valence-electron chi connectivity index (χ2n) is 7.53. The Morgan fingerprint density at radius 1 is 1.03 bits per heavy atom. The maximum absolute atomic E-state index is 6.41. The van der Waals surface area contributed by atoms with Crippen LogP contribution in [0.1, 0.15) is 42.3 Å². The number of hydrogen-bond acceptors (Lipinski definition) is 5. The summed E-state index contributed by atoms with van der Waals surface area (Å²) in [7, 11) is 1.67. The van der Waals surface area contributed by atoms with Gasteiger partial charge in [0.15, 0.2) is 0 Å². The highest BCUT2D eigenvalue weighted by molar-refractivity contribution is 6.30. The summed E-state index contributed by atoms with van der Waals surface area (Å²) in [4.78, 5) is 0. The van der Waals surface area contributed by atoms with Crippen molar-refractivity contribution in [1.29, 1.82) is 0 Å². The number of nitrogens with zero attached hydrogens (tertiary/aromatic N) is 2. The van der Waals surface area contributed by atoms with E-state index in [1.165, 1.54) is 0 Å². The summed E-state index contributed by atoms with van der Waals surface area (Å²) in [6, 6.07) is 21.9. The normalized spacial score (nSPS) is 19.2. The number of methoxy groups -OCH3 is 1. The van der Waals surface area contributed by atoms with Crippen molar-refractivity contribution in [1.82, 2.24) is 5.01 Å². The number of halogens is 1. The first kappa shape index (κ1) is 19.8. The van der Waals surface area contributed by atoms with Gasteiger partial charge in [-0.3, -0.25) is 0 Å². The van der Waals surface area contributed by atoms with Crippen LogP contribution in [0.15, 0.2) is 71.8 Å². The number of hydrogen-bond donors (Lipinski definition) is 0. The predicted molar refractivity (Wildman–Crippen MR) is 121 cm³/mol. The standard InChI is InChI=1S/C25H23ClN2O3/c1-3-30-20-11-6-17(7-12-20)25-28-23(21-14-18(26)8-13-24(21)31-25)15-22(27-28)16-4-9-19(29-2)10-5-16/h4-14,23,25H,3,15H2,1-2H3/t23-,25-/m1/s1. The molecular formula is C25H23ClN2O3. The van der Waals surface area contributed by atoms with Crippen molar-refractivity contribution < 1.29 is 14.2 Å². The van der Waals surface area contributed by atoms with E-state index >= 15 is 0 Å². The molecule has 3 aromatic carbocycles. The van der Waals surface area contributed by atoms with Gasteiger partial charge in [0, 0.05) is 22.6 Å². The third-order valence-electron chi connectivity index (χ3n) is 5.65. The molecule has 0 saturated carbocycles. The third kappa shape index (κ3) is 3.70. The van der Waals surface area contributed by atoms with Crippen molar-refractivity contribution in [2.75, 3.05) is 13.7 Å². The summed E-state index contributed by atoms with van der Waals surface area (Å²) in [5.74, 6) is 2.51. The fourth-order valence-corrected chi connectivity index (χ4v) is 4.31. The zero-order valence-corrected chi connectivity index (χ0v) is 18.2. The van der Waals surface area contributed by atoms with E-state index in [1.54, 1.807) is 7.11 Å². The Morgan fingerprint density at radius 2 is 1.77 bits per heavy atom. The van der Waals surface area contributed by atoms with Crippen molar-refractivity contribution in [2.45, 2.75) is 25.6 Å². The van der Waals surface area contributed by atoms with Crippen LogP contribution in [0.5, 0.6) is 17.2 Å². The van der Waals surface area contributed by atoms with E-state index < -0.39 is 0 Å². The summed E-state index contributed by atoms with van der Waals surface area (Å²) in [5.41, 5.74) is 4.17. The van der Waals surface area contributed by atoms with Crippen molar-refractivity contribution in [3.63, 3.8) is 0 Å². The highest BCUT2D eigenvalue weighted by Crippen LogP contribution is 2.48. The number of fused-ring (bicyclic) bond motifs is 3. The SMILES string of the molecule is CCOc1ccc([C@H]2Oc3ccc(Cl)cc3[C@H]3CC(c4ccc(OC)cc4)=NN32)cc1. The fraction of sp³-hybridized carbons (Fsp3) is 0.240. The second kappa shape index (κ2) is 8.16. The van der Waals surface area contributed by atoms with Gasteiger partial charge in [-0.05, 0) is 79.2 Å². The van der Waals surface area contributed by atoms with Gasteiger partial charge in [-0.1, -0.05) is 11.6 Å². The van der Waals surface area contributed by atoms with Crippen LogP contribution in [0, 0.1) is 0 Å². The van der Waals surface area contributed by atoms with Crippen LogP contribution in [0.2, 0.25) is 5.02 Å². The molecular weight excluding hydrogens is 412 g/mol. The Morgan fingerprint density at radius 3 is 2.48 bits per heavy atom. The molecule has 0 spiro atoms. The molecule has 0 bridgehead atoms. The first-order valence-electron chi connectivity index (χ1n) is 10.4. The molecule has 2 heterocycles. The summed E-state index contributed by atoms with van der Waals surface area (Å²) in [6.45, 7) is 2.61. The zero-order chi connectivity index (χ0) is 21.4. The molecule has 0 aliphatic carbocycles. The summed E-state index contributed by atoms with van der Waals surface area (Å²) >= 11 is 6.32. The Hall–Kier alpha value is -3.18. The Labute approximate surface area is 186 Å². The minimum atomic E-state index is -0.329. The van der Waals surface area contributed by atoms with Crippen LogP contribution in [-0.4, -0.2) is 24.4 Å². The lowest BCUT2D eigenvalue weighted by atomic mass is 9.96. The topological polar surface area (TPSA) is 43.3 Å². The molecule has 0 aromatic heterocycles. The van der Waals surface area contributed by atoms with E-state index in [4.69, 9.17) is 30.9 Å². The van der Waals surface area contributed by atoms with Gasteiger partial charge in [-0.25, -0.2) is 5.01 Å². The van der Waals surface area contributed by atoms with Crippen LogP contribution >= 0.6 is 11.6 Å². The molecule has 0 radical (unpaired) electrons. The minimum Gasteiger partial charge on any atom is -0.497 e. The Bertz CT molecular complexity index is 1110. The molecule has 2 aliphatic heterocycles. The predicted octanol–water partition coefficient (Wildman–Crippen LogP) is 5.99. The molecule has 3 aromatic rings. The van der Waals surface area contributed by atoms with Crippen molar-refractivity contribution in [2.24, 2.45) is 5.10 Å². The summed E-state index contributed by atoms with van der Waals surface area (Å²) in [6.07, 6.45) is 0.446. The average molecular weight is 435 g/mol. The Balaban J connectivity index is 1.53. The van der Waals surface area contributed by atoms with Crippen LogP contribution in [0.25, 0.3) is 0 Å². The van der Waals surface area contributed by atoms with Crippen LogP contribution in [0.4, 0.5) is 0 Å². The first-order chi connectivity index (χ1) is 15.2.